The Labute approximate surface area is 151 Å². The Kier molecular flexibility index (Phi) is 6.06. The Balaban J connectivity index is 2.24. The molecule has 7 heteroatoms. The first-order valence-corrected chi connectivity index (χ1v) is 7.90. The average molecular weight is 350 g/mol. The van der Waals surface area contributed by atoms with Crippen LogP contribution in [0.25, 0.3) is 6.08 Å². The maximum atomic E-state index is 12.4. The lowest BCUT2D eigenvalue weighted by Crippen LogP contribution is -2.27. The zero-order valence-electron chi connectivity index (χ0n) is 14.4. The number of rotatable bonds is 6. The molecule has 2 N–H and O–H groups in total. The molecule has 132 valence electrons. The molecule has 0 aliphatic carbocycles. The topological polar surface area (TPSA) is 108 Å². The molecule has 0 aliphatic rings. The molecule has 7 nitrogen and oxygen atoms in total. The summed E-state index contributed by atoms with van der Waals surface area (Å²) in [7, 11) is 1.58. The minimum Gasteiger partial charge on any atom is -0.383 e. The van der Waals surface area contributed by atoms with Crippen molar-refractivity contribution in [3.8, 4) is 6.07 Å². The molecular formula is C19H18N4O3. The first kappa shape index (κ1) is 18.7. The van der Waals surface area contributed by atoms with Crippen LogP contribution in [0.2, 0.25) is 0 Å². The monoisotopic (exact) mass is 350 g/mol. The van der Waals surface area contributed by atoms with Crippen LogP contribution in [-0.4, -0.2) is 17.9 Å². The largest absolute Gasteiger partial charge is 0.383 e. The predicted octanol–water partition coefficient (Wildman–Crippen LogP) is 3.42. The van der Waals surface area contributed by atoms with E-state index in [0.29, 0.717) is 11.3 Å². The maximum Gasteiger partial charge on any atom is 0.292 e. The van der Waals surface area contributed by atoms with Crippen LogP contribution in [0.4, 0.5) is 11.4 Å². The van der Waals surface area contributed by atoms with E-state index in [-0.39, 0.29) is 17.3 Å². The van der Waals surface area contributed by atoms with Crippen molar-refractivity contribution in [2.75, 3.05) is 12.4 Å². The molecule has 0 spiro atoms. The van der Waals surface area contributed by atoms with E-state index < -0.39 is 10.8 Å². The molecule has 0 heterocycles. The highest BCUT2D eigenvalue weighted by molar-refractivity contribution is 6.02. The van der Waals surface area contributed by atoms with Gasteiger partial charge in [-0.25, -0.2) is 0 Å². The summed E-state index contributed by atoms with van der Waals surface area (Å²) in [6, 6.07) is 15.4. The molecule has 0 radical (unpaired) electrons. The minimum absolute atomic E-state index is 0.126. The molecule has 1 atom stereocenters. The lowest BCUT2D eigenvalue weighted by Gasteiger charge is -2.13. The summed E-state index contributed by atoms with van der Waals surface area (Å²) < 4.78 is 0. The quantitative estimate of drug-likeness (QED) is 0.359. The molecule has 2 aromatic rings. The normalized spacial score (nSPS) is 12.0. The second-order valence-electron chi connectivity index (χ2n) is 5.56. The third-order valence-corrected chi connectivity index (χ3v) is 3.81. The molecule has 0 fully saturated rings. The van der Waals surface area contributed by atoms with Crippen molar-refractivity contribution in [1.29, 1.82) is 5.26 Å². The van der Waals surface area contributed by atoms with E-state index >= 15 is 0 Å². The van der Waals surface area contributed by atoms with Crippen molar-refractivity contribution in [1.82, 2.24) is 5.32 Å². The van der Waals surface area contributed by atoms with Crippen LogP contribution in [0.3, 0.4) is 0 Å². The van der Waals surface area contributed by atoms with Gasteiger partial charge in [0.15, 0.2) is 0 Å². The van der Waals surface area contributed by atoms with Gasteiger partial charge >= 0.3 is 0 Å². The second-order valence-corrected chi connectivity index (χ2v) is 5.56. The molecule has 0 unspecified atom stereocenters. The van der Waals surface area contributed by atoms with Gasteiger partial charge in [-0.2, -0.15) is 5.26 Å². The molecule has 26 heavy (non-hydrogen) atoms. The molecule has 0 aromatic heterocycles. The van der Waals surface area contributed by atoms with E-state index in [1.54, 1.807) is 13.1 Å². The molecule has 0 aliphatic heterocycles. The first-order chi connectivity index (χ1) is 12.5. The lowest BCUT2D eigenvalue weighted by molar-refractivity contribution is -0.384. The van der Waals surface area contributed by atoms with Crippen molar-refractivity contribution in [2.45, 2.75) is 13.0 Å². The Morgan fingerprint density at radius 1 is 1.27 bits per heavy atom. The summed E-state index contributed by atoms with van der Waals surface area (Å²) in [5, 5.41) is 25.9. The molecule has 0 bridgehead atoms. The van der Waals surface area contributed by atoms with Gasteiger partial charge in [0, 0.05) is 13.1 Å². The highest BCUT2D eigenvalue weighted by atomic mass is 16.6. The van der Waals surface area contributed by atoms with Crippen LogP contribution in [0.1, 0.15) is 24.1 Å². The van der Waals surface area contributed by atoms with Gasteiger partial charge in [0.05, 0.1) is 11.0 Å². The molecule has 0 saturated carbocycles. The number of nitro benzene ring substituents is 1. The molecular weight excluding hydrogens is 332 g/mol. The Hall–Kier alpha value is -3.66. The van der Waals surface area contributed by atoms with Gasteiger partial charge in [-0.15, -0.1) is 0 Å². The van der Waals surface area contributed by atoms with Crippen LogP contribution in [-0.2, 0) is 4.79 Å². The Bertz CT molecular complexity index is 885. The van der Waals surface area contributed by atoms with E-state index in [0.717, 1.165) is 5.56 Å². The summed E-state index contributed by atoms with van der Waals surface area (Å²) in [6.45, 7) is 1.81. The number of carbonyl (C=O) groups is 1. The number of hydrogen-bond donors (Lipinski definition) is 2. The van der Waals surface area contributed by atoms with Gasteiger partial charge in [0.2, 0.25) is 0 Å². The van der Waals surface area contributed by atoms with Crippen LogP contribution in [0, 0.1) is 21.4 Å². The standard InChI is InChI=1S/C19H18N4O3/c1-13(15-6-4-3-5-7-15)22-19(24)16(12-20)10-14-8-9-17(21-2)18(11-14)23(25)26/h3-11,13,21H,1-2H3,(H,22,24)/b16-10+/t13-/m0/s1. The van der Waals surface area contributed by atoms with Crippen molar-refractivity contribution in [3.63, 3.8) is 0 Å². The zero-order chi connectivity index (χ0) is 19.1. The number of benzene rings is 2. The van der Waals surface area contributed by atoms with Gasteiger partial charge in [0.25, 0.3) is 11.6 Å². The SMILES string of the molecule is CNc1ccc(/C=C(\C#N)C(=O)N[C@@H](C)c2ccccc2)cc1[N+](=O)[O-]. The van der Waals surface area contributed by atoms with Crippen LogP contribution in [0.5, 0.6) is 0 Å². The third kappa shape index (κ3) is 4.45. The number of nitro groups is 1. The fourth-order valence-electron chi connectivity index (χ4n) is 2.42. The highest BCUT2D eigenvalue weighted by Crippen LogP contribution is 2.26. The van der Waals surface area contributed by atoms with E-state index in [2.05, 4.69) is 10.6 Å². The summed E-state index contributed by atoms with van der Waals surface area (Å²) in [4.78, 5) is 23.0. The van der Waals surface area contributed by atoms with Gasteiger partial charge in [0.1, 0.15) is 17.3 Å². The summed E-state index contributed by atoms with van der Waals surface area (Å²) in [5.74, 6) is -0.538. The van der Waals surface area contributed by atoms with E-state index in [1.165, 1.54) is 18.2 Å². The number of nitrogens with zero attached hydrogens (tertiary/aromatic N) is 2. The number of amides is 1. The maximum absolute atomic E-state index is 12.4. The average Bonchev–Trinajstić information content (AvgIpc) is 2.66. The summed E-state index contributed by atoms with van der Waals surface area (Å²) in [5.41, 5.74) is 1.41. The van der Waals surface area contributed by atoms with Crippen molar-refractivity contribution in [2.24, 2.45) is 0 Å². The van der Waals surface area contributed by atoms with Crippen molar-refractivity contribution in [3.05, 3.63) is 75.3 Å². The fourth-order valence-corrected chi connectivity index (χ4v) is 2.42. The van der Waals surface area contributed by atoms with Gasteiger partial charge in [-0.1, -0.05) is 36.4 Å². The smallest absolute Gasteiger partial charge is 0.292 e. The molecule has 2 rings (SSSR count). The van der Waals surface area contributed by atoms with Crippen LogP contribution in [0.15, 0.2) is 54.1 Å². The third-order valence-electron chi connectivity index (χ3n) is 3.81. The van der Waals surface area contributed by atoms with Crippen molar-refractivity contribution < 1.29 is 9.72 Å². The fraction of sp³-hybridized carbons (Fsp3) is 0.158. The van der Waals surface area contributed by atoms with Crippen molar-refractivity contribution >= 4 is 23.4 Å². The van der Waals surface area contributed by atoms with Gasteiger partial charge in [-0.3, -0.25) is 14.9 Å². The summed E-state index contributed by atoms with van der Waals surface area (Å²) >= 11 is 0. The first-order valence-electron chi connectivity index (χ1n) is 7.90. The zero-order valence-corrected chi connectivity index (χ0v) is 14.4. The van der Waals surface area contributed by atoms with Gasteiger partial charge < -0.3 is 10.6 Å². The Morgan fingerprint density at radius 2 is 1.96 bits per heavy atom. The Morgan fingerprint density at radius 3 is 2.54 bits per heavy atom. The molecule has 1 amide bonds. The van der Waals surface area contributed by atoms with Gasteiger partial charge in [-0.05, 0) is 30.2 Å². The van der Waals surface area contributed by atoms with Crippen LogP contribution < -0.4 is 10.6 Å². The van der Waals surface area contributed by atoms with E-state index in [4.69, 9.17) is 0 Å². The second kappa shape index (κ2) is 8.44. The highest BCUT2D eigenvalue weighted by Gasteiger charge is 2.16. The van der Waals surface area contributed by atoms with Crippen LogP contribution >= 0.6 is 0 Å². The number of carbonyl (C=O) groups excluding carboxylic acids is 1. The lowest BCUT2D eigenvalue weighted by atomic mass is 10.1. The predicted molar refractivity (Wildman–Crippen MR) is 99.2 cm³/mol. The minimum atomic E-state index is -0.538. The van der Waals surface area contributed by atoms with E-state index in [1.807, 2.05) is 43.3 Å². The van der Waals surface area contributed by atoms with E-state index in [9.17, 15) is 20.2 Å². The number of hydrogen-bond acceptors (Lipinski definition) is 5. The number of anilines is 1. The molecule has 0 saturated heterocycles. The number of nitriles is 1. The molecule has 2 aromatic carbocycles. The summed E-state index contributed by atoms with van der Waals surface area (Å²) in [6.07, 6.45) is 1.33. The number of nitrogens with one attached hydrogen (secondary N) is 2.